The third-order valence-corrected chi connectivity index (χ3v) is 5.12. The van der Waals surface area contributed by atoms with E-state index in [1.54, 1.807) is 35.6 Å². The van der Waals surface area contributed by atoms with Gasteiger partial charge in [0.25, 0.3) is 5.91 Å². The first kappa shape index (κ1) is 17.9. The van der Waals surface area contributed by atoms with Crippen LogP contribution in [0.15, 0.2) is 72.1 Å². The maximum absolute atomic E-state index is 12.6. The van der Waals surface area contributed by atoms with Gasteiger partial charge >= 0.3 is 0 Å². The van der Waals surface area contributed by atoms with Gasteiger partial charge in [-0.2, -0.15) is 5.26 Å². The van der Waals surface area contributed by atoms with Crippen LogP contribution in [0.5, 0.6) is 0 Å². The molecule has 0 radical (unpaired) electrons. The molecule has 5 heteroatoms. The smallest absolute Gasteiger partial charge is 0.282 e. The summed E-state index contributed by atoms with van der Waals surface area (Å²) in [5, 5.41) is 16.0. The molecule has 130 valence electrons. The van der Waals surface area contributed by atoms with E-state index in [1.807, 2.05) is 31.2 Å². The predicted octanol–water partition coefficient (Wildman–Crippen LogP) is 3.30. The zero-order valence-corrected chi connectivity index (χ0v) is 15.2. The van der Waals surface area contributed by atoms with Crippen molar-refractivity contribution in [1.82, 2.24) is 0 Å². The van der Waals surface area contributed by atoms with Crippen molar-refractivity contribution >= 4 is 22.9 Å². The highest BCUT2D eigenvalue weighted by Crippen LogP contribution is 2.22. The molecule has 3 N–H and O–H groups in total. The second-order valence-electron chi connectivity index (χ2n) is 6.07. The number of nitrogens with zero attached hydrogens (tertiary/aromatic N) is 1. The quantitative estimate of drug-likeness (QED) is 0.706. The molecule has 0 fully saturated rings. The number of quaternary nitrogens is 1. The minimum absolute atomic E-state index is 0.0717. The maximum Gasteiger partial charge on any atom is 0.282 e. The normalized spacial score (nSPS) is 12.8. The summed E-state index contributed by atoms with van der Waals surface area (Å²) in [6, 6.07) is 23.1. The molecule has 0 unspecified atom stereocenters. The van der Waals surface area contributed by atoms with E-state index in [4.69, 9.17) is 5.26 Å². The van der Waals surface area contributed by atoms with Crippen LogP contribution in [-0.2, 0) is 4.79 Å². The lowest BCUT2D eigenvalue weighted by atomic mass is 10.0. The van der Waals surface area contributed by atoms with Crippen molar-refractivity contribution in [1.29, 1.82) is 5.26 Å². The molecule has 2 atom stereocenters. The Labute approximate surface area is 157 Å². The lowest BCUT2D eigenvalue weighted by Crippen LogP contribution is -2.92. The van der Waals surface area contributed by atoms with Gasteiger partial charge in [0.2, 0.25) is 0 Å². The molecule has 1 aromatic heterocycles. The lowest BCUT2D eigenvalue weighted by Gasteiger charge is -2.19. The van der Waals surface area contributed by atoms with Crippen molar-refractivity contribution in [3.63, 3.8) is 0 Å². The summed E-state index contributed by atoms with van der Waals surface area (Å²) in [7, 11) is 0. The van der Waals surface area contributed by atoms with Crippen LogP contribution < -0.4 is 10.6 Å². The fourth-order valence-electron chi connectivity index (χ4n) is 2.80. The Balaban J connectivity index is 1.74. The van der Waals surface area contributed by atoms with Gasteiger partial charge in [0.05, 0.1) is 16.5 Å². The molecular weight excluding hydrogens is 342 g/mol. The van der Waals surface area contributed by atoms with Crippen LogP contribution in [0.2, 0.25) is 0 Å². The van der Waals surface area contributed by atoms with Crippen molar-refractivity contribution in [2.24, 2.45) is 0 Å². The highest BCUT2D eigenvalue weighted by atomic mass is 32.1. The molecule has 0 bridgehead atoms. The van der Waals surface area contributed by atoms with E-state index in [1.165, 1.54) is 10.4 Å². The number of carbonyl (C=O) groups excluding carboxylic acids is 1. The van der Waals surface area contributed by atoms with Crippen molar-refractivity contribution < 1.29 is 10.1 Å². The number of carbonyl (C=O) groups is 1. The Morgan fingerprint density at radius 2 is 1.92 bits per heavy atom. The second-order valence-corrected chi connectivity index (χ2v) is 7.05. The number of nitrogens with two attached hydrogens (primary N) is 1. The first-order chi connectivity index (χ1) is 12.7. The van der Waals surface area contributed by atoms with E-state index in [0.717, 1.165) is 0 Å². The zero-order chi connectivity index (χ0) is 18.4. The number of rotatable bonds is 6. The molecular formula is C21H20N3OS+. The Bertz CT molecular complexity index is 901. The number of nitriles is 1. The minimum Gasteiger partial charge on any atom is -0.326 e. The van der Waals surface area contributed by atoms with Gasteiger partial charge in [0, 0.05) is 11.3 Å². The van der Waals surface area contributed by atoms with E-state index >= 15 is 0 Å². The summed E-state index contributed by atoms with van der Waals surface area (Å²) in [4.78, 5) is 13.8. The molecule has 3 rings (SSSR count). The van der Waals surface area contributed by atoms with E-state index in [-0.39, 0.29) is 18.0 Å². The molecule has 0 spiro atoms. The van der Waals surface area contributed by atoms with Crippen LogP contribution in [0.25, 0.3) is 0 Å². The molecule has 26 heavy (non-hydrogen) atoms. The van der Waals surface area contributed by atoms with Crippen molar-refractivity contribution in [3.05, 3.63) is 88.1 Å². The minimum atomic E-state index is -0.284. The first-order valence-corrected chi connectivity index (χ1v) is 9.29. The van der Waals surface area contributed by atoms with Gasteiger partial charge in [-0.3, -0.25) is 4.79 Å². The zero-order valence-electron chi connectivity index (χ0n) is 14.4. The predicted molar refractivity (Wildman–Crippen MR) is 104 cm³/mol. The molecule has 0 saturated heterocycles. The summed E-state index contributed by atoms with van der Waals surface area (Å²) in [6.07, 6.45) is 0. The lowest BCUT2D eigenvalue weighted by molar-refractivity contribution is -0.703. The average Bonchev–Trinajstić information content (AvgIpc) is 3.21. The number of amides is 1. The third kappa shape index (κ3) is 4.37. The van der Waals surface area contributed by atoms with E-state index in [0.29, 0.717) is 11.3 Å². The van der Waals surface area contributed by atoms with Crippen LogP contribution >= 0.6 is 11.3 Å². The number of hydrogen-bond donors (Lipinski definition) is 2. The van der Waals surface area contributed by atoms with E-state index < -0.39 is 0 Å². The van der Waals surface area contributed by atoms with Gasteiger partial charge in [-0.05, 0) is 36.6 Å². The third-order valence-electron chi connectivity index (χ3n) is 4.16. The number of anilines is 1. The van der Waals surface area contributed by atoms with Gasteiger partial charge < -0.3 is 10.6 Å². The van der Waals surface area contributed by atoms with E-state index in [2.05, 4.69) is 40.3 Å². The SMILES string of the molecule is C[C@@H]([NH2+][C@H](c1ccccc1)c1cccs1)C(=O)Nc1cccc(C#N)c1. The largest absolute Gasteiger partial charge is 0.326 e. The summed E-state index contributed by atoms with van der Waals surface area (Å²) in [5.74, 6) is -0.0856. The number of thiophene rings is 1. The molecule has 3 aromatic rings. The fraction of sp³-hybridized carbons (Fsp3) is 0.143. The van der Waals surface area contributed by atoms with Crippen LogP contribution in [0.4, 0.5) is 5.69 Å². The molecule has 0 aliphatic carbocycles. The Hall–Kier alpha value is -2.94. The Kier molecular flexibility index (Phi) is 5.80. The highest BCUT2D eigenvalue weighted by molar-refractivity contribution is 7.10. The molecule has 2 aromatic carbocycles. The molecule has 0 aliphatic rings. The Morgan fingerprint density at radius 1 is 1.12 bits per heavy atom. The average molecular weight is 362 g/mol. The molecule has 0 saturated carbocycles. The molecule has 0 aliphatic heterocycles. The maximum atomic E-state index is 12.6. The summed E-state index contributed by atoms with van der Waals surface area (Å²) < 4.78 is 0. The molecule has 1 heterocycles. The molecule has 4 nitrogen and oxygen atoms in total. The number of hydrogen-bond acceptors (Lipinski definition) is 3. The van der Waals surface area contributed by atoms with Crippen LogP contribution in [0.1, 0.15) is 29.0 Å². The summed E-state index contributed by atoms with van der Waals surface area (Å²) in [5.41, 5.74) is 2.34. The van der Waals surface area contributed by atoms with Crippen molar-refractivity contribution in [2.45, 2.75) is 19.0 Å². The van der Waals surface area contributed by atoms with Crippen LogP contribution in [-0.4, -0.2) is 11.9 Å². The standard InChI is InChI=1S/C21H19N3OS/c1-15(21(25)24-18-10-5-7-16(13-18)14-22)23-20(19-11-6-12-26-19)17-8-3-2-4-9-17/h2-13,15,20,23H,1H3,(H,24,25)/p+1/t15-,20-/m1/s1. The number of benzene rings is 2. The Morgan fingerprint density at radius 3 is 2.62 bits per heavy atom. The van der Waals surface area contributed by atoms with Gasteiger partial charge in [0.1, 0.15) is 6.04 Å². The van der Waals surface area contributed by atoms with Crippen LogP contribution in [0.3, 0.4) is 0 Å². The number of nitrogens with one attached hydrogen (secondary N) is 1. The summed E-state index contributed by atoms with van der Waals surface area (Å²) >= 11 is 1.69. The van der Waals surface area contributed by atoms with E-state index in [9.17, 15) is 4.79 Å². The van der Waals surface area contributed by atoms with Gasteiger partial charge in [0.15, 0.2) is 6.04 Å². The highest BCUT2D eigenvalue weighted by Gasteiger charge is 2.25. The first-order valence-electron chi connectivity index (χ1n) is 8.41. The topological polar surface area (TPSA) is 69.5 Å². The second kappa shape index (κ2) is 8.43. The van der Waals surface area contributed by atoms with Gasteiger partial charge in [-0.25, -0.2) is 0 Å². The van der Waals surface area contributed by atoms with Gasteiger partial charge in [-0.1, -0.05) is 42.5 Å². The fourth-order valence-corrected chi connectivity index (χ4v) is 3.63. The van der Waals surface area contributed by atoms with Crippen molar-refractivity contribution in [2.75, 3.05) is 5.32 Å². The van der Waals surface area contributed by atoms with Gasteiger partial charge in [-0.15, -0.1) is 11.3 Å². The molecule has 1 amide bonds. The van der Waals surface area contributed by atoms with Crippen molar-refractivity contribution in [3.8, 4) is 6.07 Å². The monoisotopic (exact) mass is 362 g/mol. The summed E-state index contributed by atoms with van der Waals surface area (Å²) in [6.45, 7) is 1.90. The van der Waals surface area contributed by atoms with Crippen LogP contribution in [0, 0.1) is 11.3 Å².